The van der Waals surface area contributed by atoms with Crippen molar-refractivity contribution < 1.29 is 23.5 Å². The molecule has 7 nitrogen and oxygen atoms in total. The zero-order valence-corrected chi connectivity index (χ0v) is 24.6. The maximum absolute atomic E-state index is 15.1. The van der Waals surface area contributed by atoms with Crippen LogP contribution in [0.2, 0.25) is 0 Å². The van der Waals surface area contributed by atoms with Crippen LogP contribution in [0.15, 0.2) is 114 Å². The standard InChI is InChI=1S/C38H30N2O5/c1-2-21-44-30-18-10-6-14-26(30)34(41)33-32(35(42)31-22-24-12-4-9-17-29(24)45-31)38(27-15-7-8-16-28(27)39-37(38)43)36-25-13-5-3-11-23(25)19-20-40(33)36/h3-20,22,32-33,36H,2,21H2,1H3,(H,39,43). The van der Waals surface area contributed by atoms with E-state index in [1.807, 2.05) is 96.9 Å². The van der Waals surface area contributed by atoms with Crippen molar-refractivity contribution >= 4 is 40.2 Å². The number of nitrogens with one attached hydrogen (secondary N) is 1. The van der Waals surface area contributed by atoms with Crippen LogP contribution >= 0.6 is 0 Å². The Balaban J connectivity index is 1.41. The molecule has 4 unspecified atom stereocenters. The maximum Gasteiger partial charge on any atom is 0.238 e. The molecule has 0 bridgehead atoms. The first-order chi connectivity index (χ1) is 22.0. The molecular weight excluding hydrogens is 564 g/mol. The summed E-state index contributed by atoms with van der Waals surface area (Å²) < 4.78 is 12.2. The zero-order chi connectivity index (χ0) is 30.7. The fraction of sp³-hybridized carbons (Fsp3) is 0.184. The molecule has 1 saturated heterocycles. The average molecular weight is 595 g/mol. The normalized spacial score (nSPS) is 22.6. The van der Waals surface area contributed by atoms with Gasteiger partial charge in [0.25, 0.3) is 0 Å². The molecule has 1 aromatic heterocycles. The quantitative estimate of drug-likeness (QED) is 0.201. The number of rotatable bonds is 7. The Hall–Kier alpha value is -5.43. The van der Waals surface area contributed by atoms with E-state index < -0.39 is 29.2 Å². The lowest BCUT2D eigenvalue weighted by molar-refractivity contribution is -0.122. The van der Waals surface area contributed by atoms with Gasteiger partial charge in [-0.3, -0.25) is 14.4 Å². The third kappa shape index (κ3) is 3.86. The van der Waals surface area contributed by atoms with Crippen LogP contribution in [0.5, 0.6) is 5.75 Å². The Kier molecular flexibility index (Phi) is 6.24. The number of hydrogen-bond donors (Lipinski definition) is 1. The first-order valence-corrected chi connectivity index (χ1v) is 15.3. The van der Waals surface area contributed by atoms with E-state index in [-0.39, 0.29) is 17.5 Å². The number of benzene rings is 4. The second kappa shape index (κ2) is 10.3. The lowest BCUT2D eigenvalue weighted by atomic mass is 9.63. The van der Waals surface area contributed by atoms with Gasteiger partial charge in [-0.2, -0.15) is 0 Å². The van der Waals surface area contributed by atoms with E-state index in [1.54, 1.807) is 30.3 Å². The number of Topliss-reactive ketones (excluding diaryl/α,β-unsaturated/α-hetero) is 2. The SMILES string of the molecule is CCCOc1ccccc1C(=O)C1C(C(=O)c2cc3ccccc3o2)C2(C(=O)Nc3ccccc32)C2c3ccccc3C=CN12. The Bertz CT molecular complexity index is 2010. The van der Waals surface area contributed by atoms with E-state index >= 15 is 9.59 Å². The molecule has 1 amide bonds. The summed E-state index contributed by atoms with van der Waals surface area (Å²) in [6.07, 6.45) is 4.59. The van der Waals surface area contributed by atoms with Crippen LogP contribution in [-0.2, 0) is 10.2 Å². The van der Waals surface area contributed by atoms with Crippen LogP contribution in [0.1, 0.15) is 57.0 Å². The molecular formula is C38H30N2O5. The predicted molar refractivity (Wildman–Crippen MR) is 171 cm³/mol. The number of hydrogen-bond acceptors (Lipinski definition) is 6. The van der Waals surface area contributed by atoms with Gasteiger partial charge in [0.15, 0.2) is 11.5 Å². The number of nitrogens with zero attached hydrogens (tertiary/aromatic N) is 1. The van der Waals surface area contributed by atoms with E-state index in [1.165, 1.54) is 0 Å². The first-order valence-electron chi connectivity index (χ1n) is 15.3. The Morgan fingerprint density at radius 2 is 1.67 bits per heavy atom. The van der Waals surface area contributed by atoms with E-state index in [0.29, 0.717) is 34.8 Å². The number of carbonyl (C=O) groups is 3. The number of ketones is 2. The summed E-state index contributed by atoms with van der Waals surface area (Å²) >= 11 is 0. The van der Waals surface area contributed by atoms with Crippen LogP contribution in [0.3, 0.4) is 0 Å². The second-order valence-electron chi connectivity index (χ2n) is 11.8. The lowest BCUT2D eigenvalue weighted by Crippen LogP contribution is -2.49. The van der Waals surface area contributed by atoms with Crippen LogP contribution in [0, 0.1) is 5.92 Å². The largest absolute Gasteiger partial charge is 0.493 e. The molecule has 3 aliphatic rings. The number of anilines is 1. The van der Waals surface area contributed by atoms with Crippen molar-refractivity contribution in [2.24, 2.45) is 5.92 Å². The number of fused-ring (bicyclic) bond motifs is 7. The van der Waals surface area contributed by atoms with Gasteiger partial charge < -0.3 is 19.4 Å². The summed E-state index contributed by atoms with van der Waals surface area (Å²) in [6, 6.07) is 29.9. The molecule has 0 aliphatic carbocycles. The van der Waals surface area contributed by atoms with Crippen molar-refractivity contribution in [3.8, 4) is 5.75 Å². The van der Waals surface area contributed by atoms with Crippen molar-refractivity contribution in [3.63, 3.8) is 0 Å². The molecule has 3 aliphatic heterocycles. The number of amides is 1. The maximum atomic E-state index is 15.1. The molecule has 222 valence electrons. The summed E-state index contributed by atoms with van der Waals surface area (Å²) in [4.78, 5) is 46.7. The van der Waals surface area contributed by atoms with E-state index in [4.69, 9.17) is 9.15 Å². The minimum Gasteiger partial charge on any atom is -0.493 e. The summed E-state index contributed by atoms with van der Waals surface area (Å²) in [5, 5.41) is 3.86. The van der Waals surface area contributed by atoms with Crippen LogP contribution in [0.25, 0.3) is 17.0 Å². The average Bonchev–Trinajstić information content (AvgIpc) is 3.74. The van der Waals surface area contributed by atoms with Crippen molar-refractivity contribution in [3.05, 3.63) is 137 Å². The summed E-state index contributed by atoms with van der Waals surface area (Å²) in [5.74, 6) is -1.57. The first kappa shape index (κ1) is 27.1. The molecule has 1 fully saturated rings. The van der Waals surface area contributed by atoms with Crippen molar-refractivity contribution in [2.75, 3.05) is 11.9 Å². The van der Waals surface area contributed by atoms with Gasteiger partial charge in [-0.05, 0) is 59.5 Å². The molecule has 0 radical (unpaired) electrons. The smallest absolute Gasteiger partial charge is 0.238 e. The van der Waals surface area contributed by atoms with E-state index in [2.05, 4.69) is 5.32 Å². The predicted octanol–water partition coefficient (Wildman–Crippen LogP) is 7.20. The molecule has 0 saturated carbocycles. The highest BCUT2D eigenvalue weighted by Gasteiger charge is 2.71. The van der Waals surface area contributed by atoms with Gasteiger partial charge in [-0.1, -0.05) is 79.7 Å². The summed E-state index contributed by atoms with van der Waals surface area (Å²) in [7, 11) is 0. The van der Waals surface area contributed by atoms with Gasteiger partial charge in [-0.15, -0.1) is 0 Å². The van der Waals surface area contributed by atoms with Gasteiger partial charge in [0.1, 0.15) is 22.8 Å². The van der Waals surface area contributed by atoms with Crippen molar-refractivity contribution in [1.82, 2.24) is 4.90 Å². The molecule has 5 aromatic rings. The summed E-state index contributed by atoms with van der Waals surface area (Å²) in [5.41, 5.74) is 2.63. The van der Waals surface area contributed by atoms with Crippen LogP contribution < -0.4 is 10.1 Å². The number of para-hydroxylation sites is 3. The molecule has 4 atom stereocenters. The molecule has 1 spiro atoms. The minimum absolute atomic E-state index is 0.114. The van der Waals surface area contributed by atoms with Gasteiger partial charge in [0.05, 0.1) is 24.1 Å². The highest BCUT2D eigenvalue weighted by molar-refractivity contribution is 6.17. The Morgan fingerprint density at radius 1 is 0.911 bits per heavy atom. The topological polar surface area (TPSA) is 88.9 Å². The fourth-order valence-electron chi connectivity index (χ4n) is 7.59. The Morgan fingerprint density at radius 3 is 2.53 bits per heavy atom. The monoisotopic (exact) mass is 594 g/mol. The molecule has 4 heterocycles. The van der Waals surface area contributed by atoms with E-state index in [9.17, 15) is 4.79 Å². The highest BCUT2D eigenvalue weighted by Crippen LogP contribution is 2.62. The van der Waals surface area contributed by atoms with Gasteiger partial charge in [0, 0.05) is 17.3 Å². The zero-order valence-electron chi connectivity index (χ0n) is 24.6. The molecule has 1 N–H and O–H groups in total. The molecule has 7 heteroatoms. The highest BCUT2D eigenvalue weighted by atomic mass is 16.5. The fourth-order valence-corrected chi connectivity index (χ4v) is 7.59. The summed E-state index contributed by atoms with van der Waals surface area (Å²) in [6.45, 7) is 2.44. The van der Waals surface area contributed by atoms with Crippen molar-refractivity contribution in [2.45, 2.75) is 30.8 Å². The second-order valence-corrected chi connectivity index (χ2v) is 11.8. The number of furan rings is 1. The third-order valence-corrected chi connectivity index (χ3v) is 9.40. The van der Waals surface area contributed by atoms with Gasteiger partial charge in [-0.25, -0.2) is 0 Å². The van der Waals surface area contributed by atoms with Gasteiger partial charge in [0.2, 0.25) is 11.7 Å². The molecule has 8 rings (SSSR count). The number of carbonyl (C=O) groups excluding carboxylic acids is 3. The Labute approximate surface area is 260 Å². The minimum atomic E-state index is -1.44. The van der Waals surface area contributed by atoms with Gasteiger partial charge >= 0.3 is 0 Å². The lowest BCUT2D eigenvalue weighted by Gasteiger charge is -2.38. The molecule has 4 aromatic carbocycles. The van der Waals surface area contributed by atoms with Crippen LogP contribution in [-0.4, -0.2) is 35.0 Å². The van der Waals surface area contributed by atoms with E-state index in [0.717, 1.165) is 22.9 Å². The number of ether oxygens (including phenoxy) is 1. The molecule has 45 heavy (non-hydrogen) atoms. The third-order valence-electron chi connectivity index (χ3n) is 9.40. The van der Waals surface area contributed by atoms with Crippen molar-refractivity contribution in [1.29, 1.82) is 0 Å². The van der Waals surface area contributed by atoms with Crippen LogP contribution in [0.4, 0.5) is 5.69 Å².